The minimum atomic E-state index is 0.00963. The van der Waals surface area contributed by atoms with Crippen LogP contribution in [0.2, 0.25) is 0 Å². The fraction of sp³-hybridized carbons (Fsp3) is 0.412. The van der Waals surface area contributed by atoms with E-state index in [1.54, 1.807) is 0 Å². The second kappa shape index (κ2) is 5.83. The predicted octanol–water partition coefficient (Wildman–Crippen LogP) is 2.30. The Morgan fingerprint density at radius 1 is 1.23 bits per heavy atom. The maximum absolute atomic E-state index is 12.3. The standard InChI is InChI=1S/C17H22N4O/c1-12-16(13(2)20(3)19-12)8-9-18-17(22)21-10-14-6-4-5-7-15(14)11-21/h4-7H,8-11H2,1-3H3,(H,18,22). The summed E-state index contributed by atoms with van der Waals surface area (Å²) >= 11 is 0. The number of nitrogens with zero attached hydrogens (tertiary/aromatic N) is 3. The van der Waals surface area contributed by atoms with E-state index in [4.69, 9.17) is 0 Å². The molecule has 1 aromatic heterocycles. The topological polar surface area (TPSA) is 50.2 Å². The molecule has 0 spiro atoms. The summed E-state index contributed by atoms with van der Waals surface area (Å²) in [6.45, 7) is 6.12. The number of carbonyl (C=O) groups excluding carboxylic acids is 1. The van der Waals surface area contributed by atoms with Gasteiger partial charge in [0.05, 0.1) is 5.69 Å². The first-order valence-electron chi connectivity index (χ1n) is 7.65. The summed E-state index contributed by atoms with van der Waals surface area (Å²) in [5.74, 6) is 0. The van der Waals surface area contributed by atoms with Crippen LogP contribution in [0.15, 0.2) is 24.3 Å². The molecule has 5 heteroatoms. The number of aromatic nitrogens is 2. The van der Waals surface area contributed by atoms with E-state index >= 15 is 0 Å². The number of urea groups is 1. The second-order valence-electron chi connectivity index (χ2n) is 5.88. The van der Waals surface area contributed by atoms with Crippen LogP contribution in [0.5, 0.6) is 0 Å². The molecule has 1 aromatic carbocycles. The average Bonchev–Trinajstić information content (AvgIpc) is 3.03. The molecule has 1 aliphatic rings. The molecule has 0 bridgehead atoms. The largest absolute Gasteiger partial charge is 0.338 e. The number of carbonyl (C=O) groups is 1. The zero-order chi connectivity index (χ0) is 15.7. The zero-order valence-corrected chi connectivity index (χ0v) is 13.4. The lowest BCUT2D eigenvalue weighted by molar-refractivity contribution is 0.198. The number of amides is 2. The highest BCUT2D eigenvalue weighted by molar-refractivity contribution is 5.75. The van der Waals surface area contributed by atoms with E-state index in [1.807, 2.05) is 35.7 Å². The first kappa shape index (κ1) is 14.6. The normalized spacial score (nSPS) is 13.3. The quantitative estimate of drug-likeness (QED) is 0.945. The van der Waals surface area contributed by atoms with Crippen molar-refractivity contribution < 1.29 is 4.79 Å². The summed E-state index contributed by atoms with van der Waals surface area (Å²) in [4.78, 5) is 14.1. The fourth-order valence-electron chi connectivity index (χ4n) is 3.06. The van der Waals surface area contributed by atoms with Gasteiger partial charge in [-0.05, 0) is 37.0 Å². The average molecular weight is 298 g/mol. The van der Waals surface area contributed by atoms with Crippen molar-refractivity contribution in [3.05, 3.63) is 52.3 Å². The Bertz CT molecular complexity index is 680. The Morgan fingerprint density at radius 2 is 1.86 bits per heavy atom. The molecule has 2 heterocycles. The Labute approximate surface area is 130 Å². The van der Waals surface area contributed by atoms with Crippen molar-refractivity contribution in [2.24, 2.45) is 7.05 Å². The summed E-state index contributed by atoms with van der Waals surface area (Å²) in [7, 11) is 1.95. The molecule has 0 saturated carbocycles. The molecule has 22 heavy (non-hydrogen) atoms. The lowest BCUT2D eigenvalue weighted by atomic mass is 10.1. The van der Waals surface area contributed by atoms with Crippen LogP contribution in [0.4, 0.5) is 4.79 Å². The van der Waals surface area contributed by atoms with Crippen LogP contribution in [0.3, 0.4) is 0 Å². The molecule has 2 amide bonds. The summed E-state index contributed by atoms with van der Waals surface area (Å²) in [6.07, 6.45) is 0.817. The summed E-state index contributed by atoms with van der Waals surface area (Å²) in [5.41, 5.74) is 5.93. The van der Waals surface area contributed by atoms with Crippen molar-refractivity contribution in [1.82, 2.24) is 20.0 Å². The Kier molecular flexibility index (Phi) is 3.88. The maximum Gasteiger partial charge on any atom is 0.318 e. The smallest absolute Gasteiger partial charge is 0.318 e. The molecule has 5 nitrogen and oxygen atoms in total. The third-order valence-electron chi connectivity index (χ3n) is 4.44. The second-order valence-corrected chi connectivity index (χ2v) is 5.88. The van der Waals surface area contributed by atoms with Gasteiger partial charge >= 0.3 is 6.03 Å². The van der Waals surface area contributed by atoms with Gasteiger partial charge in [0.15, 0.2) is 0 Å². The molecule has 116 valence electrons. The monoisotopic (exact) mass is 298 g/mol. The van der Waals surface area contributed by atoms with Crippen LogP contribution in [-0.2, 0) is 26.6 Å². The van der Waals surface area contributed by atoms with Crippen molar-refractivity contribution in [3.8, 4) is 0 Å². The van der Waals surface area contributed by atoms with Crippen LogP contribution in [0.1, 0.15) is 28.1 Å². The number of hydrogen-bond donors (Lipinski definition) is 1. The van der Waals surface area contributed by atoms with Gasteiger partial charge in [-0.25, -0.2) is 4.79 Å². The summed E-state index contributed by atoms with van der Waals surface area (Å²) < 4.78 is 1.89. The Morgan fingerprint density at radius 3 is 2.41 bits per heavy atom. The highest BCUT2D eigenvalue weighted by atomic mass is 16.2. The molecule has 1 aliphatic heterocycles. The van der Waals surface area contributed by atoms with Gasteiger partial charge in [-0.15, -0.1) is 0 Å². The predicted molar refractivity (Wildman–Crippen MR) is 85.5 cm³/mol. The molecular weight excluding hydrogens is 276 g/mol. The molecule has 0 saturated heterocycles. The number of aryl methyl sites for hydroxylation is 2. The number of nitrogens with one attached hydrogen (secondary N) is 1. The van der Waals surface area contributed by atoms with Crippen molar-refractivity contribution >= 4 is 6.03 Å². The molecular formula is C17H22N4O. The van der Waals surface area contributed by atoms with Gasteiger partial charge in [0, 0.05) is 32.4 Å². The van der Waals surface area contributed by atoms with E-state index in [0.29, 0.717) is 19.6 Å². The molecule has 0 radical (unpaired) electrons. The molecule has 3 rings (SSSR count). The zero-order valence-electron chi connectivity index (χ0n) is 13.4. The van der Waals surface area contributed by atoms with Gasteiger partial charge < -0.3 is 10.2 Å². The number of hydrogen-bond acceptors (Lipinski definition) is 2. The Hall–Kier alpha value is -2.30. The van der Waals surface area contributed by atoms with E-state index in [-0.39, 0.29) is 6.03 Å². The van der Waals surface area contributed by atoms with E-state index in [0.717, 1.165) is 12.1 Å². The maximum atomic E-state index is 12.3. The van der Waals surface area contributed by atoms with Gasteiger partial charge in [0.1, 0.15) is 0 Å². The number of benzene rings is 1. The molecule has 0 atom stereocenters. The van der Waals surface area contributed by atoms with Gasteiger partial charge in [-0.3, -0.25) is 4.68 Å². The first-order chi connectivity index (χ1) is 10.6. The minimum Gasteiger partial charge on any atom is -0.338 e. The molecule has 0 unspecified atom stereocenters. The molecule has 2 aromatic rings. The third kappa shape index (κ3) is 2.71. The third-order valence-corrected chi connectivity index (χ3v) is 4.44. The van der Waals surface area contributed by atoms with Crippen LogP contribution in [0.25, 0.3) is 0 Å². The van der Waals surface area contributed by atoms with Gasteiger partial charge in [0.25, 0.3) is 0 Å². The van der Waals surface area contributed by atoms with Crippen molar-refractivity contribution in [1.29, 1.82) is 0 Å². The van der Waals surface area contributed by atoms with Crippen LogP contribution >= 0.6 is 0 Å². The molecule has 0 aliphatic carbocycles. The van der Waals surface area contributed by atoms with E-state index in [9.17, 15) is 4.79 Å². The van der Waals surface area contributed by atoms with Gasteiger partial charge in [0.2, 0.25) is 0 Å². The van der Waals surface area contributed by atoms with E-state index in [1.165, 1.54) is 22.4 Å². The number of rotatable bonds is 3. The van der Waals surface area contributed by atoms with Crippen LogP contribution in [-0.4, -0.2) is 27.3 Å². The van der Waals surface area contributed by atoms with Crippen molar-refractivity contribution in [2.45, 2.75) is 33.4 Å². The van der Waals surface area contributed by atoms with Crippen molar-refractivity contribution in [2.75, 3.05) is 6.54 Å². The Balaban J connectivity index is 1.54. The van der Waals surface area contributed by atoms with Crippen molar-refractivity contribution in [3.63, 3.8) is 0 Å². The lowest BCUT2D eigenvalue weighted by Crippen LogP contribution is -2.37. The SMILES string of the molecule is Cc1nn(C)c(C)c1CCNC(=O)N1Cc2ccccc2C1. The van der Waals surface area contributed by atoms with Crippen LogP contribution < -0.4 is 5.32 Å². The summed E-state index contributed by atoms with van der Waals surface area (Å²) in [5, 5.41) is 7.43. The van der Waals surface area contributed by atoms with Gasteiger partial charge in [-0.2, -0.15) is 5.10 Å². The van der Waals surface area contributed by atoms with E-state index in [2.05, 4.69) is 29.5 Å². The summed E-state index contributed by atoms with van der Waals surface area (Å²) in [6, 6.07) is 8.23. The highest BCUT2D eigenvalue weighted by Crippen LogP contribution is 2.22. The fourth-order valence-corrected chi connectivity index (χ4v) is 3.06. The highest BCUT2D eigenvalue weighted by Gasteiger charge is 2.22. The minimum absolute atomic E-state index is 0.00963. The number of fused-ring (bicyclic) bond motifs is 1. The van der Waals surface area contributed by atoms with Crippen LogP contribution in [0, 0.1) is 13.8 Å². The molecule has 0 fully saturated rings. The lowest BCUT2D eigenvalue weighted by Gasteiger charge is -2.16. The van der Waals surface area contributed by atoms with E-state index < -0.39 is 0 Å². The molecule has 1 N–H and O–H groups in total. The first-order valence-corrected chi connectivity index (χ1v) is 7.65. The van der Waals surface area contributed by atoms with Gasteiger partial charge in [-0.1, -0.05) is 24.3 Å².